The van der Waals surface area contributed by atoms with Gasteiger partial charge < -0.3 is 19.5 Å². The third-order valence-corrected chi connectivity index (χ3v) is 3.93. The van der Waals surface area contributed by atoms with Crippen molar-refractivity contribution in [2.75, 3.05) is 25.6 Å². The number of esters is 1. The number of methoxy groups -OCH3 is 1. The van der Waals surface area contributed by atoms with Crippen molar-refractivity contribution in [1.29, 1.82) is 0 Å². The Kier molecular flexibility index (Phi) is 7.89. The van der Waals surface area contributed by atoms with Crippen LogP contribution >= 0.6 is 11.6 Å². The van der Waals surface area contributed by atoms with Gasteiger partial charge in [0.15, 0.2) is 11.5 Å². The van der Waals surface area contributed by atoms with E-state index < -0.39 is 5.97 Å². The quantitative estimate of drug-likeness (QED) is 0.516. The smallest absolute Gasteiger partial charge is 0.330 e. The first-order chi connectivity index (χ1) is 13.5. The second-order valence-corrected chi connectivity index (χ2v) is 5.99. The fourth-order valence-corrected chi connectivity index (χ4v) is 2.64. The van der Waals surface area contributed by atoms with Gasteiger partial charge in [-0.3, -0.25) is 4.79 Å². The molecule has 0 aromatic heterocycles. The molecule has 2 aromatic carbocycles. The summed E-state index contributed by atoms with van der Waals surface area (Å²) in [5, 5.41) is 3.09. The summed E-state index contributed by atoms with van der Waals surface area (Å²) in [6.45, 7) is 4.34. The predicted octanol–water partition coefficient (Wildman–Crippen LogP) is 4.58. The van der Waals surface area contributed by atoms with Crippen LogP contribution in [0.25, 0.3) is 6.08 Å². The van der Waals surface area contributed by atoms with E-state index in [9.17, 15) is 9.59 Å². The topological polar surface area (TPSA) is 73.9 Å². The first-order valence-electron chi connectivity index (χ1n) is 8.75. The first kappa shape index (κ1) is 21.3. The zero-order valence-corrected chi connectivity index (χ0v) is 16.7. The van der Waals surface area contributed by atoms with E-state index in [-0.39, 0.29) is 5.91 Å². The summed E-state index contributed by atoms with van der Waals surface area (Å²) in [6.07, 6.45) is 2.99. The predicted molar refractivity (Wildman–Crippen MR) is 109 cm³/mol. The van der Waals surface area contributed by atoms with Gasteiger partial charge in [0.1, 0.15) is 0 Å². The number of nitrogens with one attached hydrogen (secondary N) is 1. The summed E-state index contributed by atoms with van der Waals surface area (Å²) in [5.74, 6) is 0.0548. The van der Waals surface area contributed by atoms with E-state index in [0.717, 1.165) is 5.56 Å². The van der Waals surface area contributed by atoms with Crippen molar-refractivity contribution in [3.05, 3.63) is 58.6 Å². The molecular formula is C21H22ClNO5. The molecule has 0 radical (unpaired) electrons. The van der Waals surface area contributed by atoms with Gasteiger partial charge >= 0.3 is 5.97 Å². The lowest BCUT2D eigenvalue weighted by molar-refractivity contribution is -0.137. The standard InChI is InChI=1S/C21H22ClNO5/c1-4-27-19(24)11-8-14-6-9-16(10-7-14)23-21(25)15-12-17(22)20(28-5-2)18(13-15)26-3/h6-13H,4-5H2,1-3H3,(H,23,25)/b11-8+. The number of halogens is 1. The zero-order valence-electron chi connectivity index (χ0n) is 16.0. The van der Waals surface area contributed by atoms with E-state index in [0.29, 0.717) is 41.0 Å². The lowest BCUT2D eigenvalue weighted by Gasteiger charge is -2.13. The summed E-state index contributed by atoms with van der Waals surface area (Å²) < 4.78 is 15.5. The second kappa shape index (κ2) is 10.4. The molecule has 0 fully saturated rings. The minimum absolute atomic E-state index is 0.297. The van der Waals surface area contributed by atoms with Crippen LogP contribution in [0, 0.1) is 0 Å². The number of carbonyl (C=O) groups is 2. The van der Waals surface area contributed by atoms with Crippen LogP contribution in [0.15, 0.2) is 42.5 Å². The third-order valence-electron chi connectivity index (χ3n) is 3.65. The molecule has 0 aliphatic carbocycles. The molecule has 0 unspecified atom stereocenters. The van der Waals surface area contributed by atoms with E-state index in [1.165, 1.54) is 19.3 Å². The van der Waals surface area contributed by atoms with Crippen LogP contribution in [0.4, 0.5) is 5.69 Å². The van der Waals surface area contributed by atoms with Crippen LogP contribution < -0.4 is 14.8 Å². The highest BCUT2D eigenvalue weighted by Gasteiger charge is 2.16. The van der Waals surface area contributed by atoms with Gasteiger partial charge in [0.2, 0.25) is 0 Å². The van der Waals surface area contributed by atoms with Crippen LogP contribution in [0.5, 0.6) is 11.5 Å². The molecule has 2 aromatic rings. The van der Waals surface area contributed by atoms with E-state index in [1.54, 1.807) is 43.3 Å². The summed E-state index contributed by atoms with van der Waals surface area (Å²) in [4.78, 5) is 23.9. The molecule has 0 aliphatic heterocycles. The maximum absolute atomic E-state index is 12.5. The number of rotatable bonds is 8. The Morgan fingerprint density at radius 1 is 1.11 bits per heavy atom. The Balaban J connectivity index is 2.10. The van der Waals surface area contributed by atoms with Gasteiger partial charge in [0, 0.05) is 17.3 Å². The molecule has 0 saturated carbocycles. The number of benzene rings is 2. The van der Waals surface area contributed by atoms with Crippen molar-refractivity contribution in [2.45, 2.75) is 13.8 Å². The lowest BCUT2D eigenvalue weighted by atomic mass is 10.1. The molecule has 28 heavy (non-hydrogen) atoms. The van der Waals surface area contributed by atoms with Gasteiger partial charge in [-0.15, -0.1) is 0 Å². The number of hydrogen-bond donors (Lipinski definition) is 1. The van der Waals surface area contributed by atoms with Crippen LogP contribution in [0.3, 0.4) is 0 Å². The highest BCUT2D eigenvalue weighted by Crippen LogP contribution is 2.36. The molecule has 0 atom stereocenters. The van der Waals surface area contributed by atoms with E-state index >= 15 is 0 Å². The van der Waals surface area contributed by atoms with Gasteiger partial charge in [-0.05, 0) is 49.8 Å². The Morgan fingerprint density at radius 2 is 1.82 bits per heavy atom. The van der Waals surface area contributed by atoms with E-state index in [1.807, 2.05) is 6.92 Å². The van der Waals surface area contributed by atoms with Crippen LogP contribution in [0.2, 0.25) is 5.02 Å². The van der Waals surface area contributed by atoms with Crippen molar-refractivity contribution in [3.63, 3.8) is 0 Å². The van der Waals surface area contributed by atoms with Gasteiger partial charge in [-0.1, -0.05) is 23.7 Å². The average molecular weight is 404 g/mol. The number of anilines is 1. The summed E-state index contributed by atoms with van der Waals surface area (Å²) >= 11 is 6.21. The molecule has 0 heterocycles. The lowest BCUT2D eigenvalue weighted by Crippen LogP contribution is -2.12. The molecule has 2 rings (SSSR count). The average Bonchev–Trinajstić information content (AvgIpc) is 2.69. The molecule has 148 valence electrons. The number of amides is 1. The number of hydrogen-bond acceptors (Lipinski definition) is 5. The summed E-state index contributed by atoms with van der Waals surface area (Å²) in [5.41, 5.74) is 1.75. The molecular weight excluding hydrogens is 382 g/mol. The maximum Gasteiger partial charge on any atom is 0.330 e. The van der Waals surface area contributed by atoms with Crippen molar-refractivity contribution < 1.29 is 23.8 Å². The largest absolute Gasteiger partial charge is 0.493 e. The molecule has 1 amide bonds. The Morgan fingerprint density at radius 3 is 2.43 bits per heavy atom. The molecule has 1 N–H and O–H groups in total. The fraction of sp³-hybridized carbons (Fsp3) is 0.238. The Bertz CT molecular complexity index is 862. The second-order valence-electron chi connectivity index (χ2n) is 5.58. The van der Waals surface area contributed by atoms with E-state index in [4.69, 9.17) is 25.8 Å². The van der Waals surface area contributed by atoms with Crippen LogP contribution in [-0.4, -0.2) is 32.2 Å². The van der Waals surface area contributed by atoms with Gasteiger partial charge in [0.05, 0.1) is 25.3 Å². The van der Waals surface area contributed by atoms with Gasteiger partial charge in [-0.2, -0.15) is 0 Å². The zero-order chi connectivity index (χ0) is 20.5. The summed E-state index contributed by atoms with van der Waals surface area (Å²) in [7, 11) is 1.48. The van der Waals surface area contributed by atoms with Gasteiger partial charge in [-0.25, -0.2) is 4.79 Å². The molecule has 0 aliphatic rings. The highest BCUT2D eigenvalue weighted by molar-refractivity contribution is 6.32. The number of carbonyl (C=O) groups excluding carboxylic acids is 2. The van der Waals surface area contributed by atoms with Crippen molar-refractivity contribution in [3.8, 4) is 11.5 Å². The normalized spacial score (nSPS) is 10.6. The SMILES string of the molecule is CCOC(=O)/C=C/c1ccc(NC(=O)c2cc(Cl)c(OCC)c(OC)c2)cc1. The van der Waals surface area contributed by atoms with Crippen LogP contribution in [0.1, 0.15) is 29.8 Å². The van der Waals surface area contributed by atoms with Gasteiger partial charge in [0.25, 0.3) is 5.91 Å². The van der Waals surface area contributed by atoms with Crippen LogP contribution in [-0.2, 0) is 9.53 Å². The molecule has 0 spiro atoms. The molecule has 0 saturated heterocycles. The van der Waals surface area contributed by atoms with E-state index in [2.05, 4.69) is 5.32 Å². The first-order valence-corrected chi connectivity index (χ1v) is 9.12. The third kappa shape index (κ3) is 5.76. The van der Waals surface area contributed by atoms with Crippen molar-refractivity contribution >= 4 is 35.2 Å². The minimum atomic E-state index is -0.402. The number of ether oxygens (including phenoxy) is 3. The molecule has 0 bridgehead atoms. The molecule has 6 nitrogen and oxygen atoms in total. The fourth-order valence-electron chi connectivity index (χ4n) is 2.37. The minimum Gasteiger partial charge on any atom is -0.493 e. The maximum atomic E-state index is 12.5. The van der Waals surface area contributed by atoms with Crippen molar-refractivity contribution in [2.24, 2.45) is 0 Å². The highest BCUT2D eigenvalue weighted by atomic mass is 35.5. The Hall–Kier alpha value is -2.99. The van der Waals surface area contributed by atoms with Crippen molar-refractivity contribution in [1.82, 2.24) is 0 Å². The monoisotopic (exact) mass is 403 g/mol. The Labute approximate surface area is 169 Å². The summed E-state index contributed by atoms with van der Waals surface area (Å²) in [6, 6.07) is 10.1. The molecule has 7 heteroatoms.